The number of hydrogen-bond acceptors (Lipinski definition) is 3. The van der Waals surface area contributed by atoms with Gasteiger partial charge >= 0.3 is 6.09 Å². The molecule has 6 nitrogen and oxygen atoms in total. The number of benzene rings is 1. The second-order valence-electron chi connectivity index (χ2n) is 3.38. The molecule has 3 N–H and O–H groups in total. The Morgan fingerprint density at radius 2 is 1.88 bits per heavy atom. The monoisotopic (exact) mass is 238 g/mol. The number of anilines is 1. The molecule has 0 aromatic heterocycles. The minimum atomic E-state index is -1.12. The first-order valence-electron chi connectivity index (χ1n) is 5.15. The van der Waals surface area contributed by atoms with Gasteiger partial charge in [0.1, 0.15) is 0 Å². The van der Waals surface area contributed by atoms with Crippen molar-refractivity contribution >= 4 is 17.7 Å². The Bertz CT molecular complexity index is 380. The zero-order chi connectivity index (χ0) is 12.7. The van der Waals surface area contributed by atoms with Gasteiger partial charge in [0.25, 0.3) is 5.91 Å². The number of carbonyl (C=O) groups is 2. The van der Waals surface area contributed by atoms with Gasteiger partial charge in [0.2, 0.25) is 0 Å². The number of nitrogens with zero attached hydrogens (tertiary/aromatic N) is 1. The van der Waals surface area contributed by atoms with Crippen molar-refractivity contribution in [2.45, 2.75) is 12.8 Å². The van der Waals surface area contributed by atoms with Crippen molar-refractivity contribution in [1.82, 2.24) is 5.32 Å². The molecule has 2 amide bonds. The summed E-state index contributed by atoms with van der Waals surface area (Å²) in [6, 6.07) is 8.40. The van der Waals surface area contributed by atoms with Gasteiger partial charge in [-0.1, -0.05) is 18.2 Å². The fourth-order valence-electron chi connectivity index (χ4n) is 1.25. The molecular weight excluding hydrogens is 224 g/mol. The van der Waals surface area contributed by atoms with E-state index in [4.69, 9.17) is 5.11 Å². The second-order valence-corrected chi connectivity index (χ2v) is 3.38. The van der Waals surface area contributed by atoms with Gasteiger partial charge in [0.15, 0.2) is 0 Å². The van der Waals surface area contributed by atoms with Gasteiger partial charge in [0.05, 0.1) is 5.69 Å². The summed E-state index contributed by atoms with van der Waals surface area (Å²) in [6.45, 7) is 0.184. The minimum Gasteiger partial charge on any atom is -0.465 e. The number of nitrogens with one attached hydrogen (secondary N) is 1. The minimum absolute atomic E-state index is 0.0751. The zero-order valence-corrected chi connectivity index (χ0v) is 9.17. The van der Waals surface area contributed by atoms with Gasteiger partial charge in [-0.3, -0.25) is 10.0 Å². The number of hydroxylamine groups is 1. The molecule has 17 heavy (non-hydrogen) atoms. The maximum atomic E-state index is 11.5. The average molecular weight is 238 g/mol. The van der Waals surface area contributed by atoms with E-state index >= 15 is 0 Å². The largest absolute Gasteiger partial charge is 0.465 e. The van der Waals surface area contributed by atoms with E-state index < -0.39 is 12.0 Å². The van der Waals surface area contributed by atoms with Gasteiger partial charge in [-0.05, 0) is 18.6 Å². The smallest absolute Gasteiger partial charge is 0.404 e. The summed E-state index contributed by atoms with van der Waals surface area (Å²) >= 11 is 0. The van der Waals surface area contributed by atoms with Crippen molar-refractivity contribution in [3.8, 4) is 0 Å². The summed E-state index contributed by atoms with van der Waals surface area (Å²) in [6.07, 6.45) is -0.706. The van der Waals surface area contributed by atoms with Crippen LogP contribution in [0.15, 0.2) is 30.3 Å². The Balaban J connectivity index is 2.35. The van der Waals surface area contributed by atoms with Crippen molar-refractivity contribution < 1.29 is 19.9 Å². The summed E-state index contributed by atoms with van der Waals surface area (Å²) in [5, 5.41) is 20.6. The van der Waals surface area contributed by atoms with E-state index in [1.54, 1.807) is 30.3 Å². The summed E-state index contributed by atoms with van der Waals surface area (Å²) < 4.78 is 0. The van der Waals surface area contributed by atoms with Gasteiger partial charge in [-0.2, -0.15) is 5.06 Å². The summed E-state index contributed by atoms with van der Waals surface area (Å²) in [4.78, 5) is 21.6. The molecule has 92 valence electrons. The molecule has 0 fully saturated rings. The quantitative estimate of drug-likeness (QED) is 0.411. The average Bonchev–Trinajstić information content (AvgIpc) is 2.34. The predicted molar refractivity (Wildman–Crippen MR) is 61.0 cm³/mol. The molecule has 0 radical (unpaired) electrons. The molecular formula is C11H14N2O4. The highest BCUT2D eigenvalue weighted by molar-refractivity contribution is 5.90. The van der Waals surface area contributed by atoms with E-state index in [-0.39, 0.29) is 13.0 Å². The van der Waals surface area contributed by atoms with Crippen LogP contribution in [0.3, 0.4) is 0 Å². The van der Waals surface area contributed by atoms with Crippen LogP contribution in [0.2, 0.25) is 0 Å². The Morgan fingerprint density at radius 3 is 2.47 bits per heavy atom. The zero-order valence-electron chi connectivity index (χ0n) is 9.17. The molecule has 0 unspecified atom stereocenters. The van der Waals surface area contributed by atoms with Crippen LogP contribution in [-0.4, -0.2) is 28.9 Å². The lowest BCUT2D eigenvalue weighted by molar-refractivity contribution is -0.123. The fraction of sp³-hybridized carbons (Fsp3) is 0.273. The van der Waals surface area contributed by atoms with Crippen molar-refractivity contribution in [1.29, 1.82) is 0 Å². The highest BCUT2D eigenvalue weighted by Gasteiger charge is 2.12. The Morgan fingerprint density at radius 1 is 1.24 bits per heavy atom. The van der Waals surface area contributed by atoms with Crippen molar-refractivity contribution in [2.24, 2.45) is 0 Å². The van der Waals surface area contributed by atoms with Crippen LogP contribution in [0.5, 0.6) is 0 Å². The van der Waals surface area contributed by atoms with Gasteiger partial charge in [-0.25, -0.2) is 4.79 Å². The van der Waals surface area contributed by atoms with Crippen LogP contribution < -0.4 is 10.4 Å². The summed E-state index contributed by atoms with van der Waals surface area (Å²) in [5.41, 5.74) is 0.392. The van der Waals surface area contributed by atoms with Crippen molar-refractivity contribution in [3.63, 3.8) is 0 Å². The molecule has 6 heteroatoms. The van der Waals surface area contributed by atoms with Gasteiger partial charge in [-0.15, -0.1) is 0 Å². The third-order valence-corrected chi connectivity index (χ3v) is 2.08. The van der Waals surface area contributed by atoms with Crippen LogP contribution in [0.4, 0.5) is 10.5 Å². The van der Waals surface area contributed by atoms with Crippen LogP contribution in [0, 0.1) is 0 Å². The van der Waals surface area contributed by atoms with Gasteiger partial charge < -0.3 is 10.4 Å². The summed E-state index contributed by atoms with van der Waals surface area (Å²) in [7, 11) is 0. The molecule has 0 aliphatic carbocycles. The maximum Gasteiger partial charge on any atom is 0.404 e. The molecule has 1 rings (SSSR count). The lowest BCUT2D eigenvalue weighted by Gasteiger charge is -2.14. The third-order valence-electron chi connectivity index (χ3n) is 2.08. The molecule has 0 aliphatic rings. The Kier molecular flexibility index (Phi) is 4.96. The predicted octanol–water partition coefficient (Wildman–Crippen LogP) is 1.46. The molecule has 0 saturated heterocycles. The highest BCUT2D eigenvalue weighted by atomic mass is 16.5. The van der Waals surface area contributed by atoms with E-state index in [0.717, 1.165) is 0 Å². The lowest BCUT2D eigenvalue weighted by Crippen LogP contribution is -2.28. The molecule has 0 spiro atoms. The van der Waals surface area contributed by atoms with E-state index in [1.807, 2.05) is 0 Å². The first-order chi connectivity index (χ1) is 8.11. The fourth-order valence-corrected chi connectivity index (χ4v) is 1.25. The molecule has 0 atom stereocenters. The molecule has 0 bridgehead atoms. The van der Waals surface area contributed by atoms with E-state index in [9.17, 15) is 14.8 Å². The number of hydrogen-bond donors (Lipinski definition) is 3. The second kappa shape index (κ2) is 6.49. The first kappa shape index (κ1) is 13.0. The van der Waals surface area contributed by atoms with Crippen LogP contribution in [0.25, 0.3) is 0 Å². The van der Waals surface area contributed by atoms with Crippen LogP contribution >= 0.6 is 0 Å². The third kappa shape index (κ3) is 4.52. The molecule has 1 aromatic rings. The molecule has 1 aromatic carbocycles. The first-order valence-corrected chi connectivity index (χ1v) is 5.15. The topological polar surface area (TPSA) is 89.9 Å². The van der Waals surface area contributed by atoms with Crippen molar-refractivity contribution in [3.05, 3.63) is 30.3 Å². The normalized spacial score (nSPS) is 9.71. The van der Waals surface area contributed by atoms with E-state index in [0.29, 0.717) is 17.2 Å². The number of para-hydroxylation sites is 1. The lowest BCUT2D eigenvalue weighted by atomic mass is 10.2. The highest BCUT2D eigenvalue weighted by Crippen LogP contribution is 2.12. The van der Waals surface area contributed by atoms with E-state index in [2.05, 4.69) is 5.32 Å². The van der Waals surface area contributed by atoms with Crippen molar-refractivity contribution in [2.75, 3.05) is 11.6 Å². The number of carboxylic acid groups (broad SMARTS) is 1. The van der Waals surface area contributed by atoms with Crippen LogP contribution in [-0.2, 0) is 4.79 Å². The number of rotatable bonds is 5. The SMILES string of the molecule is O=C(O)NCCCC(=O)N(O)c1ccccc1. The summed E-state index contributed by atoms with van der Waals surface area (Å²) in [5.74, 6) is -0.469. The van der Waals surface area contributed by atoms with E-state index in [1.165, 1.54) is 0 Å². The van der Waals surface area contributed by atoms with Gasteiger partial charge in [0, 0.05) is 13.0 Å². The standard InChI is InChI=1S/C11H14N2O4/c14-10(7-4-8-12-11(15)16)13(17)9-5-2-1-3-6-9/h1-3,5-6,12,17H,4,7-8H2,(H,15,16). The van der Waals surface area contributed by atoms with Crippen LogP contribution in [0.1, 0.15) is 12.8 Å². The molecule has 0 heterocycles. The number of carbonyl (C=O) groups excluding carboxylic acids is 1. The Hall–Kier alpha value is -2.08. The Labute approximate surface area is 98.4 Å². The maximum absolute atomic E-state index is 11.5. The molecule has 0 aliphatic heterocycles. The number of amides is 2. The molecule has 0 saturated carbocycles.